The number of aryl methyl sites for hydroxylation is 1. The lowest BCUT2D eigenvalue weighted by atomic mass is 9.90. The van der Waals surface area contributed by atoms with Gasteiger partial charge in [-0.15, -0.1) is 0 Å². The van der Waals surface area contributed by atoms with Gasteiger partial charge in [-0.1, -0.05) is 32.0 Å². The highest BCUT2D eigenvalue weighted by Gasteiger charge is 2.29. The third kappa shape index (κ3) is 6.67. The Labute approximate surface area is 182 Å². The second-order valence-electron chi connectivity index (χ2n) is 8.24. The normalized spacial score (nSPS) is 13.1. The molecule has 0 radical (unpaired) electrons. The molecule has 8 nitrogen and oxygen atoms in total. The standard InChI is InChI=1S/C23H31N3O5/c1-14(2)18(22(29)25-19(23(30)31)11-15(3)27)12-21(28)24-10-9-16-13-26(4)20-8-6-5-7-17(16)20/h5-8,13-14,18-19H,9-12H2,1-4H3,(H,24,28)(H,25,29)(H,30,31). The van der Waals surface area contributed by atoms with Crippen molar-refractivity contribution in [2.24, 2.45) is 18.9 Å². The first-order valence-corrected chi connectivity index (χ1v) is 10.4. The van der Waals surface area contributed by atoms with Gasteiger partial charge in [0.05, 0.1) is 0 Å². The van der Waals surface area contributed by atoms with Crippen LogP contribution in [0, 0.1) is 11.8 Å². The molecule has 1 aromatic carbocycles. The van der Waals surface area contributed by atoms with Crippen molar-refractivity contribution >= 4 is 34.5 Å². The highest BCUT2D eigenvalue weighted by atomic mass is 16.4. The minimum absolute atomic E-state index is 0.0502. The number of rotatable bonds is 11. The molecule has 1 heterocycles. The number of aliphatic carboxylic acids is 1. The number of carboxylic acid groups (broad SMARTS) is 1. The molecule has 0 aliphatic heterocycles. The van der Waals surface area contributed by atoms with E-state index in [-0.39, 0.29) is 30.4 Å². The van der Waals surface area contributed by atoms with Crippen LogP contribution in [0.5, 0.6) is 0 Å². The first-order valence-electron chi connectivity index (χ1n) is 10.4. The van der Waals surface area contributed by atoms with Gasteiger partial charge < -0.3 is 20.3 Å². The molecule has 0 saturated heterocycles. The molecular weight excluding hydrogens is 398 g/mol. The van der Waals surface area contributed by atoms with Crippen LogP contribution in [0.3, 0.4) is 0 Å². The summed E-state index contributed by atoms with van der Waals surface area (Å²) in [5, 5.41) is 15.6. The molecule has 0 aliphatic carbocycles. The van der Waals surface area contributed by atoms with Gasteiger partial charge in [-0.25, -0.2) is 4.79 Å². The number of hydrogen-bond acceptors (Lipinski definition) is 4. The van der Waals surface area contributed by atoms with Gasteiger partial charge in [-0.3, -0.25) is 14.4 Å². The molecule has 0 bridgehead atoms. The summed E-state index contributed by atoms with van der Waals surface area (Å²) in [6.45, 7) is 5.30. The van der Waals surface area contributed by atoms with Crippen LogP contribution in [0.4, 0.5) is 0 Å². The van der Waals surface area contributed by atoms with Crippen molar-refractivity contribution in [3.63, 3.8) is 0 Å². The molecule has 1 aromatic heterocycles. The highest BCUT2D eigenvalue weighted by Crippen LogP contribution is 2.20. The maximum Gasteiger partial charge on any atom is 0.326 e. The van der Waals surface area contributed by atoms with E-state index in [1.54, 1.807) is 13.8 Å². The molecule has 168 valence electrons. The second-order valence-corrected chi connectivity index (χ2v) is 8.24. The number of fused-ring (bicyclic) bond motifs is 1. The summed E-state index contributed by atoms with van der Waals surface area (Å²) < 4.78 is 2.05. The maximum atomic E-state index is 12.6. The Morgan fingerprint density at radius 3 is 2.39 bits per heavy atom. The fourth-order valence-corrected chi connectivity index (χ4v) is 3.63. The number of nitrogens with zero attached hydrogens (tertiary/aromatic N) is 1. The van der Waals surface area contributed by atoms with E-state index in [1.165, 1.54) is 6.92 Å². The van der Waals surface area contributed by atoms with Crippen molar-refractivity contribution < 1.29 is 24.3 Å². The lowest BCUT2D eigenvalue weighted by molar-refractivity contribution is -0.144. The molecule has 2 aromatic rings. The summed E-state index contributed by atoms with van der Waals surface area (Å²) in [4.78, 5) is 47.6. The number of carbonyl (C=O) groups excluding carboxylic acids is 3. The van der Waals surface area contributed by atoms with Crippen molar-refractivity contribution in [3.8, 4) is 0 Å². The number of carboxylic acids is 1. The number of Topliss-reactive ketones (excluding diaryl/α,β-unsaturated/α-hetero) is 1. The van der Waals surface area contributed by atoms with E-state index < -0.39 is 23.8 Å². The van der Waals surface area contributed by atoms with E-state index >= 15 is 0 Å². The predicted molar refractivity (Wildman–Crippen MR) is 117 cm³/mol. The summed E-state index contributed by atoms with van der Waals surface area (Å²) in [5.74, 6) is -3.27. The van der Waals surface area contributed by atoms with Gasteiger partial charge in [0.15, 0.2) is 0 Å². The maximum absolute atomic E-state index is 12.6. The first kappa shape index (κ1) is 24.1. The number of benzene rings is 1. The summed E-state index contributed by atoms with van der Waals surface area (Å²) in [6.07, 6.45) is 2.36. The molecule has 2 atom stereocenters. The number of amides is 2. The number of carbonyl (C=O) groups is 4. The average Bonchev–Trinajstić information content (AvgIpc) is 3.01. The van der Waals surface area contributed by atoms with Gasteiger partial charge in [0, 0.05) is 49.5 Å². The van der Waals surface area contributed by atoms with Crippen LogP contribution in [-0.4, -0.2) is 45.8 Å². The minimum atomic E-state index is -1.29. The summed E-state index contributed by atoms with van der Waals surface area (Å²) in [5.41, 5.74) is 2.25. The summed E-state index contributed by atoms with van der Waals surface area (Å²) in [6, 6.07) is 6.76. The van der Waals surface area contributed by atoms with E-state index in [2.05, 4.69) is 10.6 Å². The Morgan fingerprint density at radius 1 is 1.10 bits per heavy atom. The first-order chi connectivity index (χ1) is 14.6. The zero-order valence-electron chi connectivity index (χ0n) is 18.5. The van der Waals surface area contributed by atoms with Crippen molar-refractivity contribution in [3.05, 3.63) is 36.0 Å². The summed E-state index contributed by atoms with van der Waals surface area (Å²) in [7, 11) is 1.98. The third-order valence-electron chi connectivity index (χ3n) is 5.35. The Hall–Kier alpha value is -3.16. The topological polar surface area (TPSA) is 117 Å². The van der Waals surface area contributed by atoms with Gasteiger partial charge in [0.2, 0.25) is 11.8 Å². The SMILES string of the molecule is CC(=O)CC(NC(=O)C(CC(=O)NCCc1cn(C)c2ccccc12)C(C)C)C(=O)O. The van der Waals surface area contributed by atoms with Crippen LogP contribution in [0.2, 0.25) is 0 Å². The molecule has 0 aliphatic rings. The number of nitrogens with one attached hydrogen (secondary N) is 2. The van der Waals surface area contributed by atoms with Gasteiger partial charge in [0.1, 0.15) is 11.8 Å². The van der Waals surface area contributed by atoms with E-state index in [9.17, 15) is 24.3 Å². The molecule has 2 unspecified atom stereocenters. The lowest BCUT2D eigenvalue weighted by Crippen LogP contribution is -2.46. The Morgan fingerprint density at radius 2 is 1.77 bits per heavy atom. The zero-order valence-corrected chi connectivity index (χ0v) is 18.5. The Balaban J connectivity index is 1.93. The Kier molecular flexibility index (Phi) is 8.36. The number of ketones is 1. The van der Waals surface area contributed by atoms with E-state index in [1.807, 2.05) is 42.1 Å². The number of aromatic nitrogens is 1. The van der Waals surface area contributed by atoms with Crippen molar-refractivity contribution in [1.82, 2.24) is 15.2 Å². The molecule has 2 rings (SSSR count). The molecule has 8 heteroatoms. The van der Waals surface area contributed by atoms with Gasteiger partial charge >= 0.3 is 5.97 Å². The summed E-state index contributed by atoms with van der Waals surface area (Å²) >= 11 is 0. The molecule has 31 heavy (non-hydrogen) atoms. The average molecular weight is 430 g/mol. The third-order valence-corrected chi connectivity index (χ3v) is 5.35. The highest BCUT2D eigenvalue weighted by molar-refractivity contribution is 5.91. The van der Waals surface area contributed by atoms with Gasteiger partial charge in [0.25, 0.3) is 0 Å². The van der Waals surface area contributed by atoms with E-state index in [0.717, 1.165) is 16.5 Å². The molecule has 0 fully saturated rings. The van der Waals surface area contributed by atoms with E-state index in [0.29, 0.717) is 13.0 Å². The molecular formula is C23H31N3O5. The number of hydrogen-bond donors (Lipinski definition) is 3. The van der Waals surface area contributed by atoms with Crippen LogP contribution >= 0.6 is 0 Å². The van der Waals surface area contributed by atoms with Crippen molar-refractivity contribution in [1.29, 1.82) is 0 Å². The molecule has 0 spiro atoms. The zero-order chi connectivity index (χ0) is 23.1. The van der Waals surface area contributed by atoms with Crippen molar-refractivity contribution in [2.75, 3.05) is 6.54 Å². The molecule has 0 saturated carbocycles. The van der Waals surface area contributed by atoms with Gasteiger partial charge in [-0.05, 0) is 30.9 Å². The lowest BCUT2D eigenvalue weighted by Gasteiger charge is -2.22. The van der Waals surface area contributed by atoms with Crippen LogP contribution in [0.1, 0.15) is 39.2 Å². The van der Waals surface area contributed by atoms with E-state index in [4.69, 9.17) is 0 Å². The Bertz CT molecular complexity index is 963. The van der Waals surface area contributed by atoms with Crippen LogP contribution in [-0.2, 0) is 32.6 Å². The number of para-hydroxylation sites is 1. The van der Waals surface area contributed by atoms with Crippen molar-refractivity contribution in [2.45, 2.75) is 46.1 Å². The second kappa shape index (κ2) is 10.7. The molecule has 2 amide bonds. The molecule has 3 N–H and O–H groups in total. The van der Waals surface area contributed by atoms with Crippen LogP contribution in [0.15, 0.2) is 30.5 Å². The monoisotopic (exact) mass is 429 g/mol. The minimum Gasteiger partial charge on any atom is -0.480 e. The van der Waals surface area contributed by atoms with Crippen LogP contribution in [0.25, 0.3) is 10.9 Å². The van der Waals surface area contributed by atoms with Gasteiger partial charge in [-0.2, -0.15) is 0 Å². The predicted octanol–water partition coefficient (Wildman–Crippen LogP) is 2.05. The quantitative estimate of drug-likeness (QED) is 0.505. The fourth-order valence-electron chi connectivity index (χ4n) is 3.63. The largest absolute Gasteiger partial charge is 0.480 e. The fraction of sp³-hybridized carbons (Fsp3) is 0.478. The van der Waals surface area contributed by atoms with Crippen LogP contribution < -0.4 is 10.6 Å². The smallest absolute Gasteiger partial charge is 0.326 e.